The second-order valence-electron chi connectivity index (χ2n) is 10.6. The van der Waals surface area contributed by atoms with Gasteiger partial charge in [0.05, 0.1) is 26.4 Å². The van der Waals surface area contributed by atoms with Crippen LogP contribution in [0.25, 0.3) is 0 Å². The van der Waals surface area contributed by atoms with Crippen LogP contribution in [-0.2, 0) is 43.5 Å². The Bertz CT molecular complexity index is 1120. The Morgan fingerprint density at radius 2 is 1.18 bits per heavy atom. The molecule has 0 aromatic heterocycles. The first kappa shape index (κ1) is 28.8. The quantitative estimate of drug-likeness (QED) is 0.324. The van der Waals surface area contributed by atoms with Crippen molar-refractivity contribution in [3.63, 3.8) is 0 Å². The van der Waals surface area contributed by atoms with Crippen LogP contribution in [0.1, 0.15) is 37.5 Å². The predicted octanol–water partition coefficient (Wildman–Crippen LogP) is 5.67. The van der Waals surface area contributed by atoms with Crippen LogP contribution < -0.4 is 5.32 Å². The number of amides is 1. The minimum atomic E-state index is -0.598. The van der Waals surface area contributed by atoms with E-state index in [0.717, 1.165) is 16.7 Å². The number of rotatable bonds is 12. The summed E-state index contributed by atoms with van der Waals surface area (Å²) in [5.41, 5.74) is 2.58. The Morgan fingerprint density at radius 3 is 1.67 bits per heavy atom. The molecular weight excluding hydrogens is 494 g/mol. The molecule has 0 aliphatic carbocycles. The fraction of sp³-hybridized carbons (Fsp3) is 0.406. The van der Waals surface area contributed by atoms with Gasteiger partial charge in [-0.1, -0.05) is 91.0 Å². The zero-order valence-electron chi connectivity index (χ0n) is 23.0. The molecule has 4 atom stereocenters. The molecule has 1 amide bonds. The van der Waals surface area contributed by atoms with Gasteiger partial charge in [-0.2, -0.15) is 0 Å². The van der Waals surface area contributed by atoms with Gasteiger partial charge in [-0.15, -0.1) is 0 Å². The Balaban J connectivity index is 1.48. The highest BCUT2D eigenvalue weighted by molar-refractivity contribution is 5.67. The van der Waals surface area contributed by atoms with E-state index in [-0.39, 0.29) is 12.6 Å². The van der Waals surface area contributed by atoms with E-state index in [0.29, 0.717) is 26.4 Å². The molecule has 4 rings (SSSR count). The largest absolute Gasteiger partial charge is 0.444 e. The van der Waals surface area contributed by atoms with E-state index in [2.05, 4.69) is 5.32 Å². The normalized spacial score (nSPS) is 21.0. The molecule has 0 spiro atoms. The van der Waals surface area contributed by atoms with E-state index in [9.17, 15) is 4.79 Å². The third-order valence-corrected chi connectivity index (χ3v) is 6.22. The number of ether oxygens (including phenoxy) is 5. The van der Waals surface area contributed by atoms with Gasteiger partial charge in [0, 0.05) is 6.54 Å². The van der Waals surface area contributed by atoms with E-state index in [1.54, 1.807) is 0 Å². The monoisotopic (exact) mass is 533 g/mol. The third-order valence-electron chi connectivity index (χ3n) is 6.22. The molecule has 3 aromatic rings. The summed E-state index contributed by atoms with van der Waals surface area (Å²) in [6.45, 7) is 7.29. The van der Waals surface area contributed by atoms with E-state index < -0.39 is 30.0 Å². The molecule has 0 radical (unpaired) electrons. The lowest BCUT2D eigenvalue weighted by Crippen LogP contribution is -2.44. The Hall–Kier alpha value is -3.23. The average molecular weight is 534 g/mol. The molecule has 1 aliphatic heterocycles. The van der Waals surface area contributed by atoms with E-state index in [1.165, 1.54) is 0 Å². The standard InChI is InChI=1S/C32H39NO6/c1-32(2,3)39-31(34)33-19-27-29(36-21-25-15-9-5-10-16-25)30(37-22-26-17-11-6-12-18-26)28(38-27)23-35-20-24-13-7-4-8-14-24/h4-18,27-30H,19-23H2,1-3H3,(H,33,34)/t27-,28+,29-,30-/m1/s1. The summed E-state index contributed by atoms with van der Waals surface area (Å²) in [4.78, 5) is 12.4. The van der Waals surface area contributed by atoms with Crippen molar-refractivity contribution in [2.24, 2.45) is 0 Å². The maximum atomic E-state index is 12.4. The van der Waals surface area contributed by atoms with Crippen LogP contribution in [0.5, 0.6) is 0 Å². The lowest BCUT2D eigenvalue weighted by atomic mass is 10.1. The van der Waals surface area contributed by atoms with Gasteiger partial charge in [-0.25, -0.2) is 4.79 Å². The van der Waals surface area contributed by atoms with Gasteiger partial charge in [0.1, 0.15) is 30.0 Å². The number of hydrogen-bond acceptors (Lipinski definition) is 6. The minimum Gasteiger partial charge on any atom is -0.444 e. The van der Waals surface area contributed by atoms with Crippen molar-refractivity contribution in [3.8, 4) is 0 Å². The van der Waals surface area contributed by atoms with Crippen LogP contribution in [0.4, 0.5) is 4.79 Å². The van der Waals surface area contributed by atoms with E-state index >= 15 is 0 Å². The van der Waals surface area contributed by atoms with Gasteiger partial charge in [0.25, 0.3) is 0 Å². The number of benzene rings is 3. The molecule has 7 heteroatoms. The molecule has 208 valence electrons. The zero-order valence-corrected chi connectivity index (χ0v) is 23.0. The molecule has 1 heterocycles. The number of hydrogen-bond donors (Lipinski definition) is 1. The van der Waals surface area contributed by atoms with Crippen LogP contribution in [0, 0.1) is 0 Å². The number of nitrogens with one attached hydrogen (secondary N) is 1. The van der Waals surface area contributed by atoms with Gasteiger partial charge < -0.3 is 29.0 Å². The summed E-state index contributed by atoms with van der Waals surface area (Å²) < 4.78 is 30.8. The molecule has 1 fully saturated rings. The molecule has 0 saturated carbocycles. The fourth-order valence-electron chi connectivity index (χ4n) is 4.40. The second kappa shape index (κ2) is 14.2. The van der Waals surface area contributed by atoms with Gasteiger partial charge in [0.2, 0.25) is 0 Å². The van der Waals surface area contributed by atoms with Gasteiger partial charge in [0.15, 0.2) is 0 Å². The van der Waals surface area contributed by atoms with Gasteiger partial charge in [-0.05, 0) is 37.5 Å². The first-order valence-electron chi connectivity index (χ1n) is 13.4. The summed E-state index contributed by atoms with van der Waals surface area (Å²) in [5.74, 6) is 0. The average Bonchev–Trinajstić information content (AvgIpc) is 3.26. The van der Waals surface area contributed by atoms with Crippen molar-refractivity contribution in [2.45, 2.75) is 70.6 Å². The number of alkyl carbamates (subject to hydrolysis) is 1. The van der Waals surface area contributed by atoms with Crippen LogP contribution >= 0.6 is 0 Å². The summed E-state index contributed by atoms with van der Waals surface area (Å²) in [5, 5.41) is 2.84. The third kappa shape index (κ3) is 9.48. The second-order valence-corrected chi connectivity index (χ2v) is 10.6. The molecule has 3 aromatic carbocycles. The summed E-state index contributed by atoms with van der Waals surface area (Å²) >= 11 is 0. The molecule has 1 aliphatic rings. The minimum absolute atomic E-state index is 0.217. The van der Waals surface area contributed by atoms with Crippen molar-refractivity contribution in [1.29, 1.82) is 0 Å². The summed E-state index contributed by atoms with van der Waals surface area (Å²) in [7, 11) is 0. The topological polar surface area (TPSA) is 75.3 Å². The van der Waals surface area contributed by atoms with Crippen molar-refractivity contribution in [1.82, 2.24) is 5.32 Å². The van der Waals surface area contributed by atoms with Gasteiger partial charge >= 0.3 is 6.09 Å². The highest BCUT2D eigenvalue weighted by Gasteiger charge is 2.46. The Morgan fingerprint density at radius 1 is 0.718 bits per heavy atom. The van der Waals surface area contributed by atoms with E-state index in [4.69, 9.17) is 23.7 Å². The SMILES string of the molecule is CC(C)(C)OC(=O)NC[C@H]1O[C@@H](COCc2ccccc2)[C@@H](OCc2ccccc2)[C@@H]1OCc1ccccc1. The summed E-state index contributed by atoms with van der Waals surface area (Å²) in [6, 6.07) is 30.0. The Kier molecular flexibility index (Phi) is 10.5. The molecule has 1 saturated heterocycles. The molecule has 0 unspecified atom stereocenters. The summed E-state index contributed by atoms with van der Waals surface area (Å²) in [6.07, 6.45) is -2.18. The van der Waals surface area contributed by atoms with Crippen molar-refractivity contribution < 1.29 is 28.5 Å². The maximum Gasteiger partial charge on any atom is 0.407 e. The predicted molar refractivity (Wildman–Crippen MR) is 149 cm³/mol. The first-order chi connectivity index (χ1) is 18.9. The van der Waals surface area contributed by atoms with Crippen molar-refractivity contribution in [3.05, 3.63) is 108 Å². The van der Waals surface area contributed by atoms with Gasteiger partial charge in [-0.3, -0.25) is 0 Å². The van der Waals surface area contributed by atoms with E-state index in [1.807, 2.05) is 112 Å². The molecule has 39 heavy (non-hydrogen) atoms. The van der Waals surface area contributed by atoms with Crippen LogP contribution in [-0.4, -0.2) is 49.3 Å². The molecule has 1 N–H and O–H groups in total. The highest BCUT2D eigenvalue weighted by Crippen LogP contribution is 2.29. The number of carbonyl (C=O) groups excluding carboxylic acids is 1. The van der Waals surface area contributed by atoms with Crippen molar-refractivity contribution in [2.75, 3.05) is 13.2 Å². The highest BCUT2D eigenvalue weighted by atomic mass is 16.6. The smallest absolute Gasteiger partial charge is 0.407 e. The fourth-order valence-corrected chi connectivity index (χ4v) is 4.40. The maximum absolute atomic E-state index is 12.4. The number of carbonyl (C=O) groups is 1. The lowest BCUT2D eigenvalue weighted by Gasteiger charge is -2.26. The van der Waals surface area contributed by atoms with Crippen LogP contribution in [0.2, 0.25) is 0 Å². The molecule has 7 nitrogen and oxygen atoms in total. The molecule has 0 bridgehead atoms. The van der Waals surface area contributed by atoms with Crippen LogP contribution in [0.3, 0.4) is 0 Å². The zero-order chi connectivity index (χ0) is 27.5. The molecular formula is C32H39NO6. The lowest BCUT2D eigenvalue weighted by molar-refractivity contribution is -0.0898. The van der Waals surface area contributed by atoms with Crippen LogP contribution in [0.15, 0.2) is 91.0 Å². The first-order valence-corrected chi connectivity index (χ1v) is 13.4. The van der Waals surface area contributed by atoms with Crippen molar-refractivity contribution >= 4 is 6.09 Å². The Labute approximate surface area is 231 Å².